The number of aromatic nitrogens is 4. The fourth-order valence-electron chi connectivity index (χ4n) is 4.89. The van der Waals surface area contributed by atoms with Crippen molar-refractivity contribution in [1.29, 1.82) is 0 Å². The van der Waals surface area contributed by atoms with Crippen LogP contribution in [0.5, 0.6) is 0 Å². The van der Waals surface area contributed by atoms with Gasteiger partial charge in [0.05, 0.1) is 14.3 Å². The van der Waals surface area contributed by atoms with Gasteiger partial charge in [0.15, 0.2) is 11.6 Å². The summed E-state index contributed by atoms with van der Waals surface area (Å²) in [6.07, 6.45) is 2.07. The number of benzene rings is 4. The monoisotopic (exact) mass is 495 g/mol. The maximum atomic E-state index is 4.91. The number of rotatable bonds is 5. The summed E-state index contributed by atoms with van der Waals surface area (Å²) in [5.41, 5.74) is 6.91. The Morgan fingerprint density at radius 2 is 1.19 bits per heavy atom. The Kier molecular flexibility index (Phi) is 5.99. The van der Waals surface area contributed by atoms with Gasteiger partial charge < -0.3 is 0 Å². The molecule has 6 aromatic rings. The Hall–Kier alpha value is -4.35. The highest BCUT2D eigenvalue weighted by Gasteiger charge is 2.17. The minimum atomic E-state index is -0.589. The van der Waals surface area contributed by atoms with Gasteiger partial charge in [0, 0.05) is 22.7 Å². The minimum absolute atomic E-state index is 0.589. The van der Waals surface area contributed by atoms with Crippen molar-refractivity contribution in [2.45, 2.75) is 20.0 Å². The molecule has 0 saturated heterocycles. The van der Waals surface area contributed by atoms with Gasteiger partial charge >= 0.3 is 0 Å². The molecule has 0 amide bonds. The van der Waals surface area contributed by atoms with Crippen LogP contribution in [-0.2, 0) is 0 Å². The first-order valence-electron chi connectivity index (χ1n) is 12.5. The molecule has 1 radical (unpaired) electrons. The van der Waals surface area contributed by atoms with Crippen LogP contribution >= 0.6 is 0 Å². The molecule has 0 atom stereocenters. The highest BCUT2D eigenvalue weighted by atomic mass is 28.3. The summed E-state index contributed by atoms with van der Waals surface area (Å²) >= 11 is 0. The van der Waals surface area contributed by atoms with Crippen molar-refractivity contribution < 1.29 is 0 Å². The number of hydrogen-bond acceptors (Lipinski definition) is 3. The van der Waals surface area contributed by atoms with E-state index in [9.17, 15) is 0 Å². The summed E-state index contributed by atoms with van der Waals surface area (Å²) in [7, 11) is -0.589. The summed E-state index contributed by atoms with van der Waals surface area (Å²) in [5, 5.41) is 2.67. The lowest BCUT2D eigenvalue weighted by Crippen LogP contribution is -2.24. The van der Waals surface area contributed by atoms with E-state index in [2.05, 4.69) is 73.2 Å². The number of fused-ring (bicyclic) bond motifs is 1. The Bertz CT molecular complexity index is 1650. The minimum Gasteiger partial charge on any atom is -0.285 e. The standard InChI is InChI=1S/C32H27N4Si/c1-22-25(27-16-10-11-17-29(27)37(2)3)18-19-28-26(22)20-21-36(28)32-34-30(23-12-6-4-7-13-23)33-31(35-32)24-14-8-5-9-15-24/h4-21H,1-3H3. The lowest BCUT2D eigenvalue weighted by Gasteiger charge is -2.15. The molecule has 0 aliphatic heterocycles. The third kappa shape index (κ3) is 4.28. The van der Waals surface area contributed by atoms with Crippen molar-refractivity contribution in [3.8, 4) is 39.9 Å². The summed E-state index contributed by atoms with van der Waals surface area (Å²) < 4.78 is 2.08. The SMILES string of the molecule is Cc1c(-c2ccccc2[Si](C)C)ccc2c1ccn2-c1nc(-c2ccccc2)nc(-c2ccccc2)n1. The first kappa shape index (κ1) is 23.1. The van der Waals surface area contributed by atoms with Crippen molar-refractivity contribution in [2.75, 3.05) is 0 Å². The van der Waals surface area contributed by atoms with E-state index in [1.165, 1.54) is 27.3 Å². The Morgan fingerprint density at radius 1 is 0.595 bits per heavy atom. The molecule has 179 valence electrons. The van der Waals surface area contributed by atoms with Crippen molar-refractivity contribution in [3.63, 3.8) is 0 Å². The van der Waals surface area contributed by atoms with Gasteiger partial charge in [0.2, 0.25) is 5.95 Å². The molecule has 6 rings (SSSR count). The molecule has 0 fully saturated rings. The second-order valence-electron chi connectivity index (χ2n) is 9.42. The average molecular weight is 496 g/mol. The lowest BCUT2D eigenvalue weighted by molar-refractivity contribution is 0.933. The van der Waals surface area contributed by atoms with Gasteiger partial charge in [-0.25, -0.2) is 4.98 Å². The van der Waals surface area contributed by atoms with E-state index in [1.54, 1.807) is 0 Å². The van der Waals surface area contributed by atoms with Crippen molar-refractivity contribution in [1.82, 2.24) is 19.5 Å². The molecular weight excluding hydrogens is 468 g/mol. The summed E-state index contributed by atoms with van der Waals surface area (Å²) in [4.78, 5) is 14.7. The van der Waals surface area contributed by atoms with Gasteiger partial charge in [0.1, 0.15) is 0 Å². The smallest absolute Gasteiger partial charge is 0.238 e. The molecule has 2 aromatic heterocycles. The maximum Gasteiger partial charge on any atom is 0.238 e. The van der Waals surface area contributed by atoms with E-state index in [4.69, 9.17) is 15.0 Å². The molecule has 4 aromatic carbocycles. The Labute approximate surface area is 218 Å². The quantitative estimate of drug-likeness (QED) is 0.240. The third-order valence-corrected chi connectivity index (χ3v) is 8.31. The predicted octanol–water partition coefficient (Wildman–Crippen LogP) is 7.09. The van der Waals surface area contributed by atoms with Crippen molar-refractivity contribution in [3.05, 3.63) is 115 Å². The Balaban J connectivity index is 1.53. The van der Waals surface area contributed by atoms with E-state index < -0.39 is 8.80 Å². The van der Waals surface area contributed by atoms with E-state index in [-0.39, 0.29) is 0 Å². The zero-order chi connectivity index (χ0) is 25.4. The molecule has 0 N–H and O–H groups in total. The van der Waals surface area contributed by atoms with Crippen LogP contribution < -0.4 is 5.19 Å². The molecule has 0 aliphatic carbocycles. The van der Waals surface area contributed by atoms with Crippen LogP contribution in [0.15, 0.2) is 109 Å². The predicted molar refractivity (Wildman–Crippen MR) is 155 cm³/mol. The summed E-state index contributed by atoms with van der Waals surface area (Å²) in [5.74, 6) is 1.94. The molecule has 4 nitrogen and oxygen atoms in total. The van der Waals surface area contributed by atoms with Crippen LogP contribution in [0, 0.1) is 6.92 Å². The molecule has 0 bridgehead atoms. The number of aryl methyl sites for hydroxylation is 1. The second kappa shape index (κ2) is 9.60. The van der Waals surface area contributed by atoms with Gasteiger partial charge in [0.25, 0.3) is 0 Å². The van der Waals surface area contributed by atoms with Gasteiger partial charge in [-0.1, -0.05) is 109 Å². The van der Waals surface area contributed by atoms with Crippen LogP contribution in [-0.4, -0.2) is 28.3 Å². The topological polar surface area (TPSA) is 43.6 Å². The fraction of sp³-hybridized carbons (Fsp3) is 0.0938. The van der Waals surface area contributed by atoms with Crippen LogP contribution in [0.2, 0.25) is 13.1 Å². The van der Waals surface area contributed by atoms with Gasteiger partial charge in [-0.3, -0.25) is 4.57 Å². The highest BCUT2D eigenvalue weighted by molar-refractivity contribution is 6.72. The molecule has 0 aliphatic rings. The third-order valence-electron chi connectivity index (χ3n) is 6.80. The molecule has 5 heteroatoms. The molecule has 0 spiro atoms. The number of hydrogen-bond donors (Lipinski definition) is 0. The molecule has 37 heavy (non-hydrogen) atoms. The number of nitrogens with zero attached hydrogens (tertiary/aromatic N) is 4. The van der Waals surface area contributed by atoms with E-state index >= 15 is 0 Å². The second-order valence-corrected chi connectivity index (χ2v) is 12.0. The largest absolute Gasteiger partial charge is 0.285 e. The van der Waals surface area contributed by atoms with Crippen LogP contribution in [0.1, 0.15) is 5.56 Å². The van der Waals surface area contributed by atoms with Gasteiger partial charge in [-0.2, -0.15) is 9.97 Å². The van der Waals surface area contributed by atoms with Crippen molar-refractivity contribution >= 4 is 24.9 Å². The zero-order valence-corrected chi connectivity index (χ0v) is 22.2. The molecule has 0 saturated carbocycles. The summed E-state index contributed by atoms with van der Waals surface area (Å²) in [6.45, 7) is 6.92. The van der Waals surface area contributed by atoms with Gasteiger partial charge in [-0.05, 0) is 35.7 Å². The van der Waals surface area contributed by atoms with Crippen LogP contribution in [0.25, 0.3) is 50.8 Å². The molecule has 0 unspecified atom stereocenters. The molecular formula is C32H27N4Si. The Morgan fingerprint density at radius 3 is 1.81 bits per heavy atom. The normalized spacial score (nSPS) is 11.4. The van der Waals surface area contributed by atoms with E-state index in [0.29, 0.717) is 17.6 Å². The first-order valence-corrected chi connectivity index (χ1v) is 15.0. The average Bonchev–Trinajstić information content (AvgIpc) is 3.39. The highest BCUT2D eigenvalue weighted by Crippen LogP contribution is 2.31. The summed E-state index contributed by atoms with van der Waals surface area (Å²) in [6, 6.07) is 35.6. The van der Waals surface area contributed by atoms with Crippen LogP contribution in [0.4, 0.5) is 0 Å². The van der Waals surface area contributed by atoms with Crippen LogP contribution in [0.3, 0.4) is 0 Å². The first-order chi connectivity index (χ1) is 18.1. The maximum absolute atomic E-state index is 4.91. The van der Waals surface area contributed by atoms with Gasteiger partial charge in [-0.15, -0.1) is 0 Å². The zero-order valence-electron chi connectivity index (χ0n) is 21.2. The van der Waals surface area contributed by atoms with Crippen molar-refractivity contribution in [2.24, 2.45) is 0 Å². The fourth-order valence-corrected chi connectivity index (χ4v) is 6.08. The van der Waals surface area contributed by atoms with E-state index in [1.807, 2.05) is 60.7 Å². The molecule has 2 heterocycles. The lowest BCUT2D eigenvalue weighted by atomic mass is 9.98. The van der Waals surface area contributed by atoms with E-state index in [0.717, 1.165) is 16.6 Å².